The lowest BCUT2D eigenvalue weighted by molar-refractivity contribution is -0.181. The van der Waals surface area contributed by atoms with Crippen LogP contribution in [0.2, 0.25) is 0 Å². The maximum atomic E-state index is 13.2. The minimum absolute atomic E-state index is 0.0140. The second-order valence-corrected chi connectivity index (χ2v) is 11.4. The van der Waals surface area contributed by atoms with E-state index >= 15 is 0 Å². The summed E-state index contributed by atoms with van der Waals surface area (Å²) in [5.74, 6) is -1.63. The van der Waals surface area contributed by atoms with Crippen molar-refractivity contribution in [2.45, 2.75) is 75.8 Å². The predicted octanol–water partition coefficient (Wildman–Crippen LogP) is 3.79. The number of esters is 3. The van der Waals surface area contributed by atoms with Crippen LogP contribution < -0.4 is 4.74 Å². The molecule has 1 fully saturated rings. The molecule has 210 valence electrons. The largest absolute Gasteiger partial charge is 0.504 e. The highest BCUT2D eigenvalue weighted by atomic mass is 16.6. The zero-order chi connectivity index (χ0) is 28.4. The van der Waals surface area contributed by atoms with Gasteiger partial charge in [-0.25, -0.2) is 9.59 Å². The Morgan fingerprint density at radius 3 is 2.55 bits per heavy atom. The average Bonchev–Trinajstić information content (AvgIpc) is 3.29. The molecule has 9 heteroatoms. The second kappa shape index (κ2) is 9.37. The molecule has 2 bridgehead atoms. The third kappa shape index (κ3) is 3.74. The third-order valence-corrected chi connectivity index (χ3v) is 9.18. The Morgan fingerprint density at radius 2 is 1.82 bits per heavy atom. The number of carbonyl (C=O) groups excluding carboxylic acids is 3. The summed E-state index contributed by atoms with van der Waals surface area (Å²) in [5.41, 5.74) is 0.245. The predicted molar refractivity (Wildman–Crippen MR) is 140 cm³/mol. The molecule has 2 N–H and O–H groups in total. The molecule has 2 aromatic carbocycles. The summed E-state index contributed by atoms with van der Waals surface area (Å²) in [7, 11) is 0. The second-order valence-electron chi connectivity index (χ2n) is 11.4. The highest BCUT2D eigenvalue weighted by molar-refractivity contribution is 5.84. The summed E-state index contributed by atoms with van der Waals surface area (Å²) in [6.07, 6.45) is 0.590. The Bertz CT molecular complexity index is 1420. The number of benzene rings is 2. The van der Waals surface area contributed by atoms with Gasteiger partial charge in [0.25, 0.3) is 0 Å². The fourth-order valence-electron chi connectivity index (χ4n) is 7.34. The Balaban J connectivity index is 1.26. The summed E-state index contributed by atoms with van der Waals surface area (Å²) in [6, 6.07) is 11.9. The SMILES string of the molecule is CC(=O)O[C@H](C(=O)O[C@@H](C)C(=O)OC1=CC[C@@]2(O)[C@H]3Cc4ccc(O)c5c4[C@@]2(CCC3C)[C@H]1O5)c1ccccc1. The maximum absolute atomic E-state index is 13.2. The van der Waals surface area contributed by atoms with Gasteiger partial charge in [0, 0.05) is 18.1 Å². The van der Waals surface area contributed by atoms with Gasteiger partial charge in [-0.3, -0.25) is 4.79 Å². The van der Waals surface area contributed by atoms with Crippen LogP contribution in [0.5, 0.6) is 11.5 Å². The molecule has 1 unspecified atom stereocenters. The van der Waals surface area contributed by atoms with E-state index in [1.54, 1.807) is 42.5 Å². The molecule has 0 amide bonds. The fourth-order valence-corrected chi connectivity index (χ4v) is 7.34. The van der Waals surface area contributed by atoms with Crippen LogP contribution in [0.3, 0.4) is 0 Å². The van der Waals surface area contributed by atoms with Gasteiger partial charge in [0.15, 0.2) is 23.7 Å². The Hall–Kier alpha value is -3.85. The van der Waals surface area contributed by atoms with E-state index in [4.69, 9.17) is 18.9 Å². The van der Waals surface area contributed by atoms with Gasteiger partial charge < -0.3 is 29.2 Å². The number of hydrogen-bond donors (Lipinski definition) is 2. The number of ether oxygens (including phenoxy) is 4. The summed E-state index contributed by atoms with van der Waals surface area (Å²) in [5, 5.41) is 22.9. The average molecular weight is 549 g/mol. The smallest absolute Gasteiger partial charge is 0.353 e. The van der Waals surface area contributed by atoms with Crippen LogP contribution in [0.25, 0.3) is 0 Å². The van der Waals surface area contributed by atoms with E-state index in [0.29, 0.717) is 24.2 Å². The quantitative estimate of drug-likeness (QED) is 0.409. The minimum atomic E-state index is -1.34. The van der Waals surface area contributed by atoms with Crippen LogP contribution in [-0.2, 0) is 40.4 Å². The lowest BCUT2D eigenvalue weighted by Gasteiger charge is -2.61. The lowest BCUT2D eigenvalue weighted by Crippen LogP contribution is -2.69. The van der Waals surface area contributed by atoms with Crippen LogP contribution in [0.4, 0.5) is 0 Å². The number of aromatic hydroxyl groups is 1. The maximum Gasteiger partial charge on any atom is 0.353 e. The van der Waals surface area contributed by atoms with Crippen molar-refractivity contribution in [2.24, 2.45) is 11.8 Å². The lowest BCUT2D eigenvalue weighted by atomic mass is 9.45. The number of phenols is 1. The first-order valence-corrected chi connectivity index (χ1v) is 13.7. The summed E-state index contributed by atoms with van der Waals surface area (Å²) >= 11 is 0. The molecule has 0 radical (unpaired) electrons. The number of carbonyl (C=O) groups is 3. The number of hydrogen-bond acceptors (Lipinski definition) is 9. The Labute approximate surface area is 231 Å². The molecule has 6 rings (SSSR count). The molecular weight excluding hydrogens is 516 g/mol. The Kier molecular flexibility index (Phi) is 6.18. The fraction of sp³-hybridized carbons (Fsp3) is 0.452. The molecule has 9 nitrogen and oxygen atoms in total. The van der Waals surface area contributed by atoms with E-state index in [9.17, 15) is 24.6 Å². The van der Waals surface area contributed by atoms with Crippen molar-refractivity contribution < 1.29 is 43.5 Å². The molecular formula is C31H32O9. The van der Waals surface area contributed by atoms with Crippen molar-refractivity contribution >= 4 is 17.9 Å². The van der Waals surface area contributed by atoms with E-state index in [1.807, 2.05) is 6.07 Å². The van der Waals surface area contributed by atoms with Gasteiger partial charge in [0.1, 0.15) is 5.76 Å². The third-order valence-electron chi connectivity index (χ3n) is 9.18. The van der Waals surface area contributed by atoms with Gasteiger partial charge in [-0.1, -0.05) is 43.3 Å². The van der Waals surface area contributed by atoms with Crippen molar-refractivity contribution in [2.75, 3.05) is 0 Å². The van der Waals surface area contributed by atoms with Crippen LogP contribution in [0.1, 0.15) is 62.8 Å². The van der Waals surface area contributed by atoms with Gasteiger partial charge in [0.2, 0.25) is 6.10 Å². The normalized spacial score (nSPS) is 30.6. The van der Waals surface area contributed by atoms with Crippen LogP contribution in [0.15, 0.2) is 54.3 Å². The van der Waals surface area contributed by atoms with Crippen molar-refractivity contribution in [3.63, 3.8) is 0 Å². The van der Waals surface area contributed by atoms with E-state index in [2.05, 4.69) is 6.92 Å². The van der Waals surface area contributed by atoms with Gasteiger partial charge in [-0.05, 0) is 62.1 Å². The van der Waals surface area contributed by atoms with Crippen molar-refractivity contribution in [1.29, 1.82) is 0 Å². The first kappa shape index (κ1) is 26.4. The molecule has 0 aromatic heterocycles. The topological polar surface area (TPSA) is 129 Å². The summed E-state index contributed by atoms with van der Waals surface area (Å²) in [6.45, 7) is 4.71. The molecule has 1 aliphatic heterocycles. The minimum Gasteiger partial charge on any atom is -0.504 e. The highest BCUT2D eigenvalue weighted by Crippen LogP contribution is 2.68. The monoisotopic (exact) mass is 548 g/mol. The van der Waals surface area contributed by atoms with Crippen LogP contribution in [-0.4, -0.2) is 45.9 Å². The van der Waals surface area contributed by atoms with Gasteiger partial charge in [-0.15, -0.1) is 0 Å². The molecule has 2 aromatic rings. The number of phenolic OH excluding ortho intramolecular Hbond substituents is 1. The van der Waals surface area contributed by atoms with Crippen molar-refractivity contribution in [1.82, 2.24) is 0 Å². The van der Waals surface area contributed by atoms with E-state index in [0.717, 1.165) is 17.5 Å². The zero-order valence-electron chi connectivity index (χ0n) is 22.6. The zero-order valence-corrected chi connectivity index (χ0v) is 22.6. The van der Waals surface area contributed by atoms with Crippen LogP contribution in [0, 0.1) is 11.8 Å². The van der Waals surface area contributed by atoms with Gasteiger partial charge in [-0.2, -0.15) is 0 Å². The standard InChI is InChI=1S/C31H32O9/c1-16-11-13-30-24-20-9-10-22(33)26(24)40-27(30)23(12-14-31(30,36)21(16)15-20)39-28(34)17(2)37-29(35)25(38-18(3)32)19-7-5-4-6-8-19/h4-10,12,16-17,21,25,27,33,36H,11,13-15H2,1-3H3/t16?,17-,21-,25-,27-,30-,31+/m0/s1. The number of rotatable bonds is 6. The molecule has 4 aliphatic rings. The first-order chi connectivity index (χ1) is 19.1. The highest BCUT2D eigenvalue weighted by Gasteiger charge is 2.72. The van der Waals surface area contributed by atoms with E-state index < -0.39 is 47.2 Å². The van der Waals surface area contributed by atoms with Crippen molar-refractivity contribution in [3.05, 3.63) is 71.0 Å². The molecule has 40 heavy (non-hydrogen) atoms. The molecule has 3 aliphatic carbocycles. The number of aliphatic hydroxyl groups is 1. The van der Waals surface area contributed by atoms with Gasteiger partial charge >= 0.3 is 17.9 Å². The molecule has 1 spiro atoms. The first-order valence-electron chi connectivity index (χ1n) is 13.7. The Morgan fingerprint density at radius 1 is 1.07 bits per heavy atom. The summed E-state index contributed by atoms with van der Waals surface area (Å²) in [4.78, 5) is 37.8. The molecule has 1 heterocycles. The van der Waals surface area contributed by atoms with E-state index in [1.165, 1.54) is 13.8 Å². The van der Waals surface area contributed by atoms with Crippen molar-refractivity contribution in [3.8, 4) is 11.5 Å². The molecule has 7 atom stereocenters. The molecule has 0 saturated heterocycles. The van der Waals surface area contributed by atoms with E-state index in [-0.39, 0.29) is 29.8 Å². The van der Waals surface area contributed by atoms with Crippen LogP contribution >= 0.6 is 0 Å². The summed E-state index contributed by atoms with van der Waals surface area (Å²) < 4.78 is 22.7. The molecule has 1 saturated carbocycles. The van der Waals surface area contributed by atoms with Gasteiger partial charge in [0.05, 0.1) is 11.0 Å².